The normalized spacial score (nSPS) is 28.6. The average Bonchev–Trinajstić information content (AvgIpc) is 2.86. The molecule has 3 heterocycles. The first-order valence-electron chi connectivity index (χ1n) is 8.23. The Bertz CT molecular complexity index is 560. The first kappa shape index (κ1) is 17.3. The summed E-state index contributed by atoms with van der Waals surface area (Å²) >= 11 is 3.69. The molecule has 0 radical (unpaired) electrons. The molecule has 0 spiro atoms. The van der Waals surface area contributed by atoms with Crippen LogP contribution in [0.5, 0.6) is 11.5 Å². The minimum Gasteiger partial charge on any atom is -0.486 e. The molecule has 3 aliphatic heterocycles. The third-order valence-electron chi connectivity index (χ3n) is 5.20. The number of piperidine rings is 1. The Hall–Kier alpha value is -0.490. The fourth-order valence-electron chi connectivity index (χ4n) is 4.01. The number of fused-ring (bicyclic) bond motifs is 3. The molecule has 3 aliphatic rings. The van der Waals surface area contributed by atoms with Crippen LogP contribution in [-0.4, -0.2) is 43.3 Å². The number of nitrogens with one attached hydrogen (secondary N) is 1. The number of hydrogen-bond acceptors (Lipinski definition) is 4. The molecular formula is C17H24BrClN2O2. The van der Waals surface area contributed by atoms with Gasteiger partial charge in [-0.25, -0.2) is 0 Å². The molecule has 2 bridgehead atoms. The minimum atomic E-state index is 0. The Kier molecular flexibility index (Phi) is 5.41. The smallest absolute Gasteiger partial charge is 0.162 e. The van der Waals surface area contributed by atoms with Gasteiger partial charge in [-0.05, 0) is 50.4 Å². The number of ether oxygens (including phenoxy) is 2. The van der Waals surface area contributed by atoms with Gasteiger partial charge < -0.3 is 14.8 Å². The summed E-state index contributed by atoms with van der Waals surface area (Å²) < 4.78 is 12.5. The quantitative estimate of drug-likeness (QED) is 0.839. The maximum Gasteiger partial charge on any atom is 0.162 e. The molecule has 0 aliphatic carbocycles. The van der Waals surface area contributed by atoms with E-state index >= 15 is 0 Å². The second-order valence-corrected chi connectivity index (χ2v) is 7.62. The zero-order valence-electron chi connectivity index (χ0n) is 13.4. The first-order chi connectivity index (χ1) is 10.7. The lowest BCUT2D eigenvalue weighted by molar-refractivity contribution is 0.162. The van der Waals surface area contributed by atoms with Crippen LogP contribution < -0.4 is 14.8 Å². The van der Waals surface area contributed by atoms with Gasteiger partial charge in [0.15, 0.2) is 11.5 Å². The largest absolute Gasteiger partial charge is 0.486 e. The van der Waals surface area contributed by atoms with E-state index in [4.69, 9.17) is 9.47 Å². The van der Waals surface area contributed by atoms with Crippen LogP contribution in [-0.2, 0) is 6.54 Å². The van der Waals surface area contributed by atoms with E-state index < -0.39 is 0 Å². The first-order valence-corrected chi connectivity index (χ1v) is 9.02. The van der Waals surface area contributed by atoms with Crippen molar-refractivity contribution in [2.45, 2.75) is 50.4 Å². The molecule has 128 valence electrons. The van der Waals surface area contributed by atoms with E-state index in [0.29, 0.717) is 19.3 Å². The number of halogens is 2. The van der Waals surface area contributed by atoms with Crippen molar-refractivity contribution >= 4 is 28.3 Å². The fraction of sp³-hybridized carbons (Fsp3) is 0.647. The highest BCUT2D eigenvalue weighted by molar-refractivity contribution is 9.10. The summed E-state index contributed by atoms with van der Waals surface area (Å²) in [6, 6.07) is 6.32. The van der Waals surface area contributed by atoms with Gasteiger partial charge in [0.1, 0.15) is 13.2 Å². The molecule has 4 rings (SSSR count). The lowest BCUT2D eigenvalue weighted by Crippen LogP contribution is -2.46. The second-order valence-electron chi connectivity index (χ2n) is 6.77. The van der Waals surface area contributed by atoms with E-state index in [1.54, 1.807) is 0 Å². The summed E-state index contributed by atoms with van der Waals surface area (Å²) in [7, 11) is 2.25. The van der Waals surface area contributed by atoms with Gasteiger partial charge in [-0.2, -0.15) is 0 Å². The lowest BCUT2D eigenvalue weighted by atomic mass is 9.98. The van der Waals surface area contributed by atoms with Crippen molar-refractivity contribution in [1.82, 2.24) is 10.2 Å². The monoisotopic (exact) mass is 402 g/mol. The highest BCUT2D eigenvalue weighted by atomic mass is 79.9. The molecule has 1 aromatic carbocycles. The summed E-state index contributed by atoms with van der Waals surface area (Å²) in [5.41, 5.74) is 1.28. The zero-order chi connectivity index (χ0) is 15.1. The molecule has 4 nitrogen and oxygen atoms in total. The number of benzene rings is 1. The molecule has 2 saturated heterocycles. The van der Waals surface area contributed by atoms with Crippen molar-refractivity contribution in [3.05, 3.63) is 22.2 Å². The summed E-state index contributed by atoms with van der Waals surface area (Å²) in [5, 5.41) is 3.72. The van der Waals surface area contributed by atoms with Crippen molar-refractivity contribution in [3.63, 3.8) is 0 Å². The van der Waals surface area contributed by atoms with E-state index in [1.807, 2.05) is 6.07 Å². The molecule has 2 unspecified atom stereocenters. The molecule has 0 amide bonds. The molecular weight excluding hydrogens is 380 g/mol. The van der Waals surface area contributed by atoms with Crippen LogP contribution in [0.15, 0.2) is 16.6 Å². The standard InChI is InChI=1S/C17H23BrN2O2.ClH/c1-20(14-7-12-2-3-13(8-14)19-12)10-11-6-16-17(9-15(11)18)22-5-4-21-16;/h6,9,12-14,19H,2-5,7-8,10H2,1H3;1H. The molecule has 2 atom stereocenters. The summed E-state index contributed by atoms with van der Waals surface area (Å²) in [4.78, 5) is 2.50. The van der Waals surface area contributed by atoms with Crippen LogP contribution in [0.4, 0.5) is 0 Å². The Morgan fingerprint density at radius 2 is 1.74 bits per heavy atom. The zero-order valence-corrected chi connectivity index (χ0v) is 15.8. The fourth-order valence-corrected chi connectivity index (χ4v) is 4.46. The maximum atomic E-state index is 5.72. The maximum absolute atomic E-state index is 5.72. The van der Waals surface area contributed by atoms with Crippen LogP contribution in [0, 0.1) is 0 Å². The number of hydrogen-bond donors (Lipinski definition) is 1. The molecule has 2 fully saturated rings. The molecule has 0 aromatic heterocycles. The van der Waals surface area contributed by atoms with Gasteiger partial charge in [-0.1, -0.05) is 15.9 Å². The molecule has 1 aromatic rings. The molecule has 1 N–H and O–H groups in total. The van der Waals surface area contributed by atoms with Crippen molar-refractivity contribution < 1.29 is 9.47 Å². The topological polar surface area (TPSA) is 33.7 Å². The summed E-state index contributed by atoms with van der Waals surface area (Å²) in [6.07, 6.45) is 5.25. The summed E-state index contributed by atoms with van der Waals surface area (Å²) in [6.45, 7) is 2.22. The van der Waals surface area contributed by atoms with E-state index in [2.05, 4.69) is 39.3 Å². The number of nitrogens with zero attached hydrogens (tertiary/aromatic N) is 1. The van der Waals surface area contributed by atoms with Crippen molar-refractivity contribution in [3.8, 4) is 11.5 Å². The molecule has 23 heavy (non-hydrogen) atoms. The Morgan fingerprint density at radius 3 is 2.39 bits per heavy atom. The predicted molar refractivity (Wildman–Crippen MR) is 96.8 cm³/mol. The third kappa shape index (κ3) is 3.63. The van der Waals surface area contributed by atoms with Gasteiger partial charge in [0.2, 0.25) is 0 Å². The molecule has 6 heteroatoms. The van der Waals surface area contributed by atoms with Crippen LogP contribution in [0.3, 0.4) is 0 Å². The van der Waals surface area contributed by atoms with Gasteiger partial charge in [0.05, 0.1) is 0 Å². The third-order valence-corrected chi connectivity index (χ3v) is 5.94. The lowest BCUT2D eigenvalue weighted by Gasteiger charge is -2.36. The second kappa shape index (κ2) is 7.18. The van der Waals surface area contributed by atoms with E-state index in [9.17, 15) is 0 Å². The van der Waals surface area contributed by atoms with Crippen LogP contribution in [0.1, 0.15) is 31.2 Å². The predicted octanol–water partition coefficient (Wildman–Crippen LogP) is 3.36. The van der Waals surface area contributed by atoms with Gasteiger partial charge in [-0.15, -0.1) is 12.4 Å². The highest BCUT2D eigenvalue weighted by Gasteiger charge is 2.35. The Balaban J connectivity index is 0.00000156. The minimum absolute atomic E-state index is 0. The van der Waals surface area contributed by atoms with Gasteiger partial charge in [0, 0.05) is 29.1 Å². The van der Waals surface area contributed by atoms with E-state index in [-0.39, 0.29) is 12.4 Å². The highest BCUT2D eigenvalue weighted by Crippen LogP contribution is 2.37. The van der Waals surface area contributed by atoms with Gasteiger partial charge in [-0.3, -0.25) is 4.90 Å². The van der Waals surface area contributed by atoms with Gasteiger partial charge >= 0.3 is 0 Å². The van der Waals surface area contributed by atoms with E-state index in [1.165, 1.54) is 31.2 Å². The van der Waals surface area contributed by atoms with Crippen LogP contribution in [0.2, 0.25) is 0 Å². The number of rotatable bonds is 3. The summed E-state index contributed by atoms with van der Waals surface area (Å²) in [5.74, 6) is 1.73. The molecule has 0 saturated carbocycles. The Labute approximate surface area is 152 Å². The Morgan fingerprint density at radius 1 is 1.13 bits per heavy atom. The van der Waals surface area contributed by atoms with Crippen LogP contribution in [0.25, 0.3) is 0 Å². The van der Waals surface area contributed by atoms with Crippen molar-refractivity contribution in [1.29, 1.82) is 0 Å². The van der Waals surface area contributed by atoms with Crippen molar-refractivity contribution in [2.24, 2.45) is 0 Å². The van der Waals surface area contributed by atoms with Gasteiger partial charge in [0.25, 0.3) is 0 Å². The average molecular weight is 404 g/mol. The SMILES string of the molecule is CN(Cc1cc2c(cc1Br)OCCO2)C1CC2CCC(C1)N2.Cl. The van der Waals surface area contributed by atoms with E-state index in [0.717, 1.165) is 34.6 Å². The van der Waals surface area contributed by atoms with Crippen LogP contribution >= 0.6 is 28.3 Å². The van der Waals surface area contributed by atoms with Crippen molar-refractivity contribution in [2.75, 3.05) is 20.3 Å².